The number of carbonyl (C=O) groups is 1. The van der Waals surface area contributed by atoms with E-state index in [1.165, 1.54) is 6.08 Å². The standard InChI is InChI=1S/C20H20O6/c1-23-17-8-7-15(11-18(17)24-2)16(12-19(21)22)13-3-5-14(6-4-13)20-25-9-10-26-20/h3-8,11-12,20H,9-10H2,1-2H3,(H,21,22). The van der Waals surface area contributed by atoms with Crippen molar-refractivity contribution in [3.05, 3.63) is 65.2 Å². The maximum atomic E-state index is 11.3. The average Bonchev–Trinajstić information content (AvgIpc) is 3.20. The maximum absolute atomic E-state index is 11.3. The fourth-order valence-corrected chi connectivity index (χ4v) is 2.83. The molecule has 2 aromatic rings. The molecule has 6 nitrogen and oxygen atoms in total. The molecule has 3 rings (SSSR count). The van der Waals surface area contributed by atoms with Crippen molar-refractivity contribution in [1.82, 2.24) is 0 Å². The molecule has 136 valence electrons. The molecular formula is C20H20O6. The van der Waals surface area contributed by atoms with Crippen molar-refractivity contribution in [2.45, 2.75) is 6.29 Å². The maximum Gasteiger partial charge on any atom is 0.328 e. The molecule has 1 fully saturated rings. The number of hydrogen-bond donors (Lipinski definition) is 1. The van der Waals surface area contributed by atoms with Gasteiger partial charge in [0, 0.05) is 11.6 Å². The number of hydrogen-bond acceptors (Lipinski definition) is 5. The summed E-state index contributed by atoms with van der Waals surface area (Å²) in [5.74, 6) is 0.0868. The van der Waals surface area contributed by atoms with Gasteiger partial charge in [0.2, 0.25) is 0 Å². The highest BCUT2D eigenvalue weighted by atomic mass is 16.7. The number of carboxylic acid groups (broad SMARTS) is 1. The van der Waals surface area contributed by atoms with E-state index in [1.807, 2.05) is 24.3 Å². The fraction of sp³-hybridized carbons (Fsp3) is 0.250. The molecule has 0 amide bonds. The molecule has 0 aromatic heterocycles. The van der Waals surface area contributed by atoms with Gasteiger partial charge in [0.15, 0.2) is 17.8 Å². The Kier molecular flexibility index (Phi) is 5.55. The van der Waals surface area contributed by atoms with Crippen LogP contribution in [0.25, 0.3) is 5.57 Å². The van der Waals surface area contributed by atoms with E-state index in [2.05, 4.69) is 0 Å². The first-order valence-corrected chi connectivity index (χ1v) is 8.13. The molecule has 0 spiro atoms. The minimum atomic E-state index is -1.03. The molecule has 2 aromatic carbocycles. The van der Waals surface area contributed by atoms with Crippen LogP contribution < -0.4 is 9.47 Å². The van der Waals surface area contributed by atoms with Crippen molar-refractivity contribution in [1.29, 1.82) is 0 Å². The minimum Gasteiger partial charge on any atom is -0.493 e. The summed E-state index contributed by atoms with van der Waals surface area (Å²) in [5, 5.41) is 9.29. The van der Waals surface area contributed by atoms with E-state index in [9.17, 15) is 9.90 Å². The molecule has 0 unspecified atom stereocenters. The number of rotatable bonds is 6. The molecular weight excluding hydrogens is 336 g/mol. The van der Waals surface area contributed by atoms with Gasteiger partial charge in [0.25, 0.3) is 0 Å². The van der Waals surface area contributed by atoms with Crippen molar-refractivity contribution in [2.75, 3.05) is 27.4 Å². The molecule has 6 heteroatoms. The van der Waals surface area contributed by atoms with Crippen LogP contribution in [0.15, 0.2) is 48.5 Å². The molecule has 1 aliphatic rings. The van der Waals surface area contributed by atoms with Gasteiger partial charge >= 0.3 is 5.97 Å². The second kappa shape index (κ2) is 8.03. The zero-order valence-corrected chi connectivity index (χ0v) is 14.6. The highest BCUT2D eigenvalue weighted by molar-refractivity contribution is 5.95. The Bertz CT molecular complexity index is 804. The Balaban J connectivity index is 1.97. The summed E-state index contributed by atoms with van der Waals surface area (Å²) in [7, 11) is 3.09. The lowest BCUT2D eigenvalue weighted by Gasteiger charge is -2.14. The first-order valence-electron chi connectivity index (χ1n) is 8.13. The smallest absolute Gasteiger partial charge is 0.328 e. The minimum absolute atomic E-state index is 0.364. The second-order valence-electron chi connectivity index (χ2n) is 5.66. The fourth-order valence-electron chi connectivity index (χ4n) is 2.83. The molecule has 26 heavy (non-hydrogen) atoms. The Morgan fingerprint density at radius 1 is 1.00 bits per heavy atom. The molecule has 0 atom stereocenters. The lowest BCUT2D eigenvalue weighted by molar-refractivity contribution is -0.131. The van der Waals surface area contributed by atoms with Crippen molar-refractivity contribution in [3.8, 4) is 11.5 Å². The van der Waals surface area contributed by atoms with E-state index >= 15 is 0 Å². The average molecular weight is 356 g/mol. The van der Waals surface area contributed by atoms with Crippen LogP contribution >= 0.6 is 0 Å². The van der Waals surface area contributed by atoms with Gasteiger partial charge in [0.1, 0.15) is 0 Å². The van der Waals surface area contributed by atoms with Gasteiger partial charge in [0.05, 0.1) is 27.4 Å². The number of ether oxygens (including phenoxy) is 4. The van der Waals surface area contributed by atoms with Gasteiger partial charge in [-0.2, -0.15) is 0 Å². The molecule has 1 N–H and O–H groups in total. The van der Waals surface area contributed by atoms with Crippen LogP contribution in [-0.4, -0.2) is 38.5 Å². The van der Waals surface area contributed by atoms with E-state index in [1.54, 1.807) is 32.4 Å². The van der Waals surface area contributed by atoms with Gasteiger partial charge in [-0.25, -0.2) is 4.79 Å². The van der Waals surface area contributed by atoms with Crippen LogP contribution in [0, 0.1) is 0 Å². The van der Waals surface area contributed by atoms with Crippen LogP contribution in [0.2, 0.25) is 0 Å². The van der Waals surface area contributed by atoms with Gasteiger partial charge in [-0.3, -0.25) is 0 Å². The first-order chi connectivity index (χ1) is 12.6. The zero-order chi connectivity index (χ0) is 18.5. The van der Waals surface area contributed by atoms with Crippen molar-refractivity contribution in [2.24, 2.45) is 0 Å². The van der Waals surface area contributed by atoms with E-state index < -0.39 is 5.97 Å². The summed E-state index contributed by atoms with van der Waals surface area (Å²) in [6.45, 7) is 1.14. The highest BCUT2D eigenvalue weighted by Gasteiger charge is 2.18. The molecule has 1 saturated heterocycles. The van der Waals surface area contributed by atoms with Crippen LogP contribution in [0.5, 0.6) is 11.5 Å². The molecule has 0 saturated carbocycles. The zero-order valence-electron chi connectivity index (χ0n) is 14.6. The number of aliphatic carboxylic acids is 1. The van der Waals surface area contributed by atoms with Gasteiger partial charge in [-0.1, -0.05) is 30.3 Å². The Labute approximate surface area is 151 Å². The largest absolute Gasteiger partial charge is 0.493 e. The second-order valence-corrected chi connectivity index (χ2v) is 5.66. The lowest BCUT2D eigenvalue weighted by Crippen LogP contribution is -2.00. The summed E-state index contributed by atoms with van der Waals surface area (Å²) in [5.41, 5.74) is 2.94. The molecule has 0 radical (unpaired) electrons. The van der Waals surface area contributed by atoms with E-state index in [0.717, 1.165) is 11.1 Å². The molecule has 1 heterocycles. The normalized spacial score (nSPS) is 15.1. The Hall–Kier alpha value is -2.83. The van der Waals surface area contributed by atoms with E-state index in [0.29, 0.717) is 35.8 Å². The van der Waals surface area contributed by atoms with E-state index in [4.69, 9.17) is 18.9 Å². The number of carboxylic acids is 1. The summed E-state index contributed by atoms with van der Waals surface area (Å²) >= 11 is 0. The van der Waals surface area contributed by atoms with Crippen molar-refractivity contribution < 1.29 is 28.8 Å². The monoisotopic (exact) mass is 356 g/mol. The van der Waals surface area contributed by atoms with Gasteiger partial charge in [-0.15, -0.1) is 0 Å². The van der Waals surface area contributed by atoms with Crippen LogP contribution in [-0.2, 0) is 14.3 Å². The van der Waals surface area contributed by atoms with E-state index in [-0.39, 0.29) is 6.29 Å². The first kappa shape index (κ1) is 18.0. The Morgan fingerprint density at radius 2 is 1.62 bits per heavy atom. The lowest BCUT2D eigenvalue weighted by atomic mass is 9.96. The van der Waals surface area contributed by atoms with Gasteiger partial charge < -0.3 is 24.1 Å². The van der Waals surface area contributed by atoms with Crippen LogP contribution in [0.1, 0.15) is 23.0 Å². The summed E-state index contributed by atoms with van der Waals surface area (Å²) in [6, 6.07) is 12.8. The summed E-state index contributed by atoms with van der Waals surface area (Å²) in [4.78, 5) is 11.3. The van der Waals surface area contributed by atoms with Crippen molar-refractivity contribution in [3.63, 3.8) is 0 Å². The highest BCUT2D eigenvalue weighted by Crippen LogP contribution is 2.33. The SMILES string of the molecule is COc1ccc(C(=CC(=O)O)c2ccc(C3OCCO3)cc2)cc1OC. The van der Waals surface area contributed by atoms with Crippen molar-refractivity contribution >= 4 is 11.5 Å². The third kappa shape index (κ3) is 3.87. The molecule has 0 aliphatic carbocycles. The number of methoxy groups -OCH3 is 2. The van der Waals surface area contributed by atoms with Crippen LogP contribution in [0.4, 0.5) is 0 Å². The quantitative estimate of drug-likeness (QED) is 0.801. The van der Waals surface area contributed by atoms with Gasteiger partial charge in [-0.05, 0) is 28.8 Å². The predicted molar refractivity (Wildman–Crippen MR) is 95.3 cm³/mol. The summed E-state index contributed by atoms with van der Waals surface area (Å²) < 4.78 is 21.5. The Morgan fingerprint density at radius 3 is 2.19 bits per heavy atom. The third-order valence-electron chi connectivity index (χ3n) is 4.08. The number of benzene rings is 2. The predicted octanol–water partition coefficient (Wildman–Crippen LogP) is 3.27. The third-order valence-corrected chi connectivity index (χ3v) is 4.08. The van der Waals surface area contributed by atoms with Crippen LogP contribution in [0.3, 0.4) is 0 Å². The summed E-state index contributed by atoms with van der Waals surface area (Å²) in [6.07, 6.45) is 0.816. The molecule has 0 bridgehead atoms. The topological polar surface area (TPSA) is 74.2 Å². The molecule has 1 aliphatic heterocycles.